The number of benzene rings is 1. The summed E-state index contributed by atoms with van der Waals surface area (Å²) in [5.74, 6) is -0.176. The fraction of sp³-hybridized carbons (Fsp3) is 0.417. The maximum atomic E-state index is 12.0. The van der Waals surface area contributed by atoms with Crippen LogP contribution in [0.15, 0.2) is 18.2 Å². The molecule has 1 aromatic rings. The van der Waals surface area contributed by atoms with Gasteiger partial charge in [0.25, 0.3) is 0 Å². The first-order chi connectivity index (χ1) is 8.24. The molecule has 0 bridgehead atoms. The molecule has 0 spiro atoms. The van der Waals surface area contributed by atoms with Gasteiger partial charge >= 0.3 is 13.1 Å². The van der Waals surface area contributed by atoms with Gasteiger partial charge in [0.1, 0.15) is 11.4 Å². The molecule has 0 aliphatic heterocycles. The van der Waals surface area contributed by atoms with Gasteiger partial charge in [0.15, 0.2) is 0 Å². The van der Waals surface area contributed by atoms with Crippen LogP contribution in [0.1, 0.15) is 31.1 Å². The van der Waals surface area contributed by atoms with E-state index in [0.717, 1.165) is 0 Å². The number of ether oxygens (including phenoxy) is 2. The molecular weight excluding hydrogens is 235 g/mol. The van der Waals surface area contributed by atoms with Gasteiger partial charge in [-0.3, -0.25) is 0 Å². The highest BCUT2D eigenvalue weighted by molar-refractivity contribution is 6.60. The molecule has 1 aromatic carbocycles. The normalized spacial score (nSPS) is 11.0. The minimum absolute atomic E-state index is 0.0827. The summed E-state index contributed by atoms with van der Waals surface area (Å²) in [6, 6.07) is 4.38. The molecule has 0 saturated carbocycles. The zero-order valence-electron chi connectivity index (χ0n) is 10.9. The molecule has 0 atom stereocenters. The van der Waals surface area contributed by atoms with Crippen LogP contribution in [0.25, 0.3) is 0 Å². The van der Waals surface area contributed by atoms with Gasteiger partial charge in [0.05, 0.1) is 12.7 Å². The predicted molar refractivity (Wildman–Crippen MR) is 68.0 cm³/mol. The predicted octanol–water partition coefficient (Wildman–Crippen LogP) is 0.330. The van der Waals surface area contributed by atoms with Gasteiger partial charge in [-0.25, -0.2) is 4.79 Å². The van der Waals surface area contributed by atoms with Gasteiger partial charge in [-0.05, 0) is 38.4 Å². The van der Waals surface area contributed by atoms with E-state index in [1.165, 1.54) is 19.2 Å². The molecule has 18 heavy (non-hydrogen) atoms. The number of carbonyl (C=O) groups is 1. The summed E-state index contributed by atoms with van der Waals surface area (Å²) in [7, 11) is -0.276. The number of methoxy groups -OCH3 is 1. The second kappa shape index (κ2) is 5.41. The third kappa shape index (κ3) is 3.75. The number of hydrogen-bond donors (Lipinski definition) is 2. The largest absolute Gasteiger partial charge is 0.497 e. The summed E-state index contributed by atoms with van der Waals surface area (Å²) >= 11 is 0. The van der Waals surface area contributed by atoms with E-state index >= 15 is 0 Å². The molecule has 0 saturated heterocycles. The molecule has 0 fully saturated rings. The van der Waals surface area contributed by atoms with Crippen LogP contribution in [0.3, 0.4) is 0 Å². The van der Waals surface area contributed by atoms with E-state index in [1.54, 1.807) is 26.8 Å². The van der Waals surface area contributed by atoms with Crippen LogP contribution in [0.5, 0.6) is 5.75 Å². The van der Waals surface area contributed by atoms with Crippen LogP contribution >= 0.6 is 0 Å². The number of rotatable bonds is 3. The Bertz CT molecular complexity index is 437. The van der Waals surface area contributed by atoms with Crippen molar-refractivity contribution in [1.29, 1.82) is 0 Å². The maximum Gasteiger partial charge on any atom is 0.489 e. The van der Waals surface area contributed by atoms with Crippen molar-refractivity contribution in [2.45, 2.75) is 26.4 Å². The molecule has 6 heteroatoms. The highest BCUT2D eigenvalue weighted by Crippen LogP contribution is 2.16. The Morgan fingerprint density at radius 3 is 2.33 bits per heavy atom. The van der Waals surface area contributed by atoms with Crippen molar-refractivity contribution in [3.05, 3.63) is 23.8 Å². The van der Waals surface area contributed by atoms with Crippen molar-refractivity contribution in [3.63, 3.8) is 0 Å². The molecule has 98 valence electrons. The molecule has 0 aromatic heterocycles. The van der Waals surface area contributed by atoms with Crippen LogP contribution in [-0.2, 0) is 4.74 Å². The quantitative estimate of drug-likeness (QED) is 0.598. The van der Waals surface area contributed by atoms with E-state index in [9.17, 15) is 14.8 Å². The Morgan fingerprint density at radius 1 is 1.28 bits per heavy atom. The second-order valence-corrected chi connectivity index (χ2v) is 4.83. The zero-order chi connectivity index (χ0) is 13.9. The summed E-state index contributed by atoms with van der Waals surface area (Å²) < 4.78 is 10.2. The fourth-order valence-electron chi connectivity index (χ4n) is 1.40. The molecule has 0 radical (unpaired) electrons. The van der Waals surface area contributed by atoms with Crippen LogP contribution < -0.4 is 10.2 Å². The Hall–Kier alpha value is -1.53. The molecule has 2 N–H and O–H groups in total. The Balaban J connectivity index is 3.15. The molecule has 0 aliphatic carbocycles. The van der Waals surface area contributed by atoms with Gasteiger partial charge in [0.2, 0.25) is 0 Å². The van der Waals surface area contributed by atoms with Gasteiger partial charge in [-0.15, -0.1) is 0 Å². The minimum Gasteiger partial charge on any atom is -0.497 e. The van der Waals surface area contributed by atoms with Gasteiger partial charge in [-0.2, -0.15) is 0 Å². The van der Waals surface area contributed by atoms with Crippen LogP contribution in [0.2, 0.25) is 0 Å². The van der Waals surface area contributed by atoms with Crippen molar-refractivity contribution in [2.24, 2.45) is 0 Å². The zero-order valence-corrected chi connectivity index (χ0v) is 10.9. The molecule has 0 unspecified atom stereocenters. The highest BCUT2D eigenvalue weighted by Gasteiger charge is 2.25. The highest BCUT2D eigenvalue weighted by atomic mass is 16.6. The second-order valence-electron chi connectivity index (χ2n) is 4.83. The lowest BCUT2D eigenvalue weighted by atomic mass is 9.77. The van der Waals surface area contributed by atoms with Crippen LogP contribution in [0, 0.1) is 0 Å². The van der Waals surface area contributed by atoms with Crippen LogP contribution in [-0.4, -0.2) is 35.8 Å². The average molecular weight is 252 g/mol. The lowest BCUT2D eigenvalue weighted by molar-refractivity contribution is 0.00702. The smallest absolute Gasteiger partial charge is 0.489 e. The molecule has 1 rings (SSSR count). The summed E-state index contributed by atoms with van der Waals surface area (Å²) in [6.45, 7) is 5.21. The molecule has 5 nitrogen and oxygen atoms in total. The first-order valence-corrected chi connectivity index (χ1v) is 5.52. The third-order valence-corrected chi connectivity index (χ3v) is 2.16. The Morgan fingerprint density at radius 2 is 1.89 bits per heavy atom. The fourth-order valence-corrected chi connectivity index (χ4v) is 1.40. The number of carbonyl (C=O) groups excluding carboxylic acids is 1. The van der Waals surface area contributed by atoms with E-state index in [0.29, 0.717) is 5.75 Å². The molecular formula is C12H17BO5. The van der Waals surface area contributed by atoms with E-state index < -0.39 is 18.7 Å². The first-order valence-electron chi connectivity index (χ1n) is 5.52. The summed E-state index contributed by atoms with van der Waals surface area (Å²) in [5.41, 5.74) is -0.484. The number of hydrogen-bond acceptors (Lipinski definition) is 5. The molecule has 0 amide bonds. The van der Waals surface area contributed by atoms with Crippen molar-refractivity contribution in [2.75, 3.05) is 7.11 Å². The number of esters is 1. The maximum absolute atomic E-state index is 12.0. The summed E-state index contributed by atoms with van der Waals surface area (Å²) in [5, 5.41) is 18.4. The topological polar surface area (TPSA) is 76.0 Å². The van der Waals surface area contributed by atoms with Crippen molar-refractivity contribution < 1.29 is 24.3 Å². The molecule has 0 heterocycles. The lowest BCUT2D eigenvalue weighted by Gasteiger charge is -2.20. The van der Waals surface area contributed by atoms with E-state index in [-0.39, 0.29) is 11.0 Å². The standard InChI is InChI=1S/C12H17BO5/c1-12(2,3)18-11(14)9-7-8(17-4)5-6-10(9)13(15)16/h5-7,15-16H,1-4H3. The average Bonchev–Trinajstić information content (AvgIpc) is 2.25. The first kappa shape index (κ1) is 14.5. The van der Waals surface area contributed by atoms with Gasteiger partial charge < -0.3 is 19.5 Å². The van der Waals surface area contributed by atoms with Gasteiger partial charge in [-0.1, -0.05) is 6.07 Å². The van der Waals surface area contributed by atoms with E-state index in [1.807, 2.05) is 0 Å². The lowest BCUT2D eigenvalue weighted by Crippen LogP contribution is -2.36. The molecule has 0 aliphatic rings. The van der Waals surface area contributed by atoms with Crippen LogP contribution in [0.4, 0.5) is 0 Å². The van der Waals surface area contributed by atoms with Crippen molar-refractivity contribution in [3.8, 4) is 5.75 Å². The SMILES string of the molecule is COc1ccc(B(O)O)c(C(=O)OC(C)(C)C)c1. The van der Waals surface area contributed by atoms with E-state index in [4.69, 9.17) is 9.47 Å². The monoisotopic (exact) mass is 252 g/mol. The van der Waals surface area contributed by atoms with Gasteiger partial charge in [0, 0.05) is 0 Å². The van der Waals surface area contributed by atoms with Crippen molar-refractivity contribution in [1.82, 2.24) is 0 Å². The summed E-state index contributed by atoms with van der Waals surface area (Å²) in [4.78, 5) is 12.0. The summed E-state index contributed by atoms with van der Waals surface area (Å²) in [6.07, 6.45) is 0. The Kier molecular flexibility index (Phi) is 4.37. The Labute approximate surface area is 106 Å². The van der Waals surface area contributed by atoms with Crippen molar-refractivity contribution >= 4 is 18.6 Å². The third-order valence-electron chi connectivity index (χ3n) is 2.16. The van der Waals surface area contributed by atoms with E-state index in [2.05, 4.69) is 0 Å². The minimum atomic E-state index is -1.74.